The Morgan fingerprint density at radius 2 is 2.00 bits per heavy atom. The van der Waals surface area contributed by atoms with E-state index in [-0.39, 0.29) is 0 Å². The molecule has 0 aliphatic heterocycles. The fourth-order valence-electron chi connectivity index (χ4n) is 2.46. The molecule has 1 aliphatic carbocycles. The van der Waals surface area contributed by atoms with E-state index in [1.54, 1.807) is 5.57 Å². The van der Waals surface area contributed by atoms with Gasteiger partial charge in [-0.3, -0.25) is 0 Å². The highest BCUT2D eigenvalue weighted by molar-refractivity contribution is 5.10. The highest BCUT2D eigenvalue weighted by atomic mass is 14.2. The molecule has 96 valence electrons. The van der Waals surface area contributed by atoms with Gasteiger partial charge in [-0.2, -0.15) is 0 Å². The second-order valence-electron chi connectivity index (χ2n) is 4.91. The summed E-state index contributed by atoms with van der Waals surface area (Å²) in [6, 6.07) is 0. The Labute approximate surface area is 104 Å². The van der Waals surface area contributed by atoms with E-state index in [9.17, 15) is 0 Å². The fraction of sp³-hybridized carbons (Fsp3) is 0.875. The Kier molecular flexibility index (Phi) is 9.77. The summed E-state index contributed by atoms with van der Waals surface area (Å²) >= 11 is 0. The van der Waals surface area contributed by atoms with Gasteiger partial charge in [0.1, 0.15) is 0 Å². The van der Waals surface area contributed by atoms with Crippen molar-refractivity contribution in [2.45, 2.75) is 79.6 Å². The first-order valence-corrected chi connectivity index (χ1v) is 7.46. The van der Waals surface area contributed by atoms with Crippen LogP contribution in [0.25, 0.3) is 0 Å². The quantitative estimate of drug-likeness (QED) is 0.504. The lowest BCUT2D eigenvalue weighted by Crippen LogP contribution is -2.09. The van der Waals surface area contributed by atoms with Crippen molar-refractivity contribution in [1.29, 1.82) is 0 Å². The Bertz CT molecular complexity index is 178. The Morgan fingerprint density at radius 1 is 1.31 bits per heavy atom. The summed E-state index contributed by atoms with van der Waals surface area (Å²) in [6.07, 6.45) is 12.2. The predicted molar refractivity (Wildman–Crippen MR) is 75.8 cm³/mol. The third-order valence-corrected chi connectivity index (χ3v) is 3.63. The van der Waals surface area contributed by atoms with Crippen LogP contribution in [0.3, 0.4) is 0 Å². The van der Waals surface area contributed by atoms with Gasteiger partial charge in [0, 0.05) is 0 Å². The summed E-state index contributed by atoms with van der Waals surface area (Å²) in [7, 11) is 0. The van der Waals surface area contributed by atoms with Gasteiger partial charge in [-0.15, -0.1) is 0 Å². The van der Waals surface area contributed by atoms with Crippen molar-refractivity contribution in [2.75, 3.05) is 0 Å². The lowest BCUT2D eigenvalue weighted by Gasteiger charge is -2.24. The zero-order valence-corrected chi connectivity index (χ0v) is 12.2. The van der Waals surface area contributed by atoms with Crippen molar-refractivity contribution in [2.24, 2.45) is 11.8 Å². The molecule has 0 radical (unpaired) electrons. The van der Waals surface area contributed by atoms with Gasteiger partial charge in [-0.05, 0) is 43.9 Å². The van der Waals surface area contributed by atoms with E-state index < -0.39 is 0 Å². The highest BCUT2D eigenvalue weighted by Gasteiger charge is 2.16. The standard InChI is InChI=1S/C14H26.C2H6/c1-4-6-7-13(5-2)14-10-8-12(3)9-11-14;1-2/h10,12-13H,4-9,11H2,1-3H3;1-2H3/t12-,13?;/m1./s1. The maximum absolute atomic E-state index is 2.54. The lowest BCUT2D eigenvalue weighted by molar-refractivity contribution is 0.441. The zero-order valence-electron chi connectivity index (χ0n) is 12.2. The normalized spacial score (nSPS) is 21.8. The molecule has 2 atom stereocenters. The molecule has 0 saturated carbocycles. The van der Waals surface area contributed by atoms with Crippen molar-refractivity contribution >= 4 is 0 Å². The van der Waals surface area contributed by atoms with Gasteiger partial charge >= 0.3 is 0 Å². The highest BCUT2D eigenvalue weighted by Crippen LogP contribution is 2.31. The predicted octanol–water partition coefficient (Wildman–Crippen LogP) is 5.98. The molecule has 0 saturated heterocycles. The first kappa shape index (κ1) is 15.7. The van der Waals surface area contributed by atoms with Crippen LogP contribution >= 0.6 is 0 Å². The summed E-state index contributed by atoms with van der Waals surface area (Å²) in [4.78, 5) is 0. The Hall–Kier alpha value is -0.260. The minimum absolute atomic E-state index is 0.905. The summed E-state index contributed by atoms with van der Waals surface area (Å²) in [6.45, 7) is 11.0. The number of rotatable bonds is 5. The minimum atomic E-state index is 0.905. The van der Waals surface area contributed by atoms with Crippen molar-refractivity contribution in [3.05, 3.63) is 11.6 Å². The lowest BCUT2D eigenvalue weighted by atomic mass is 9.81. The van der Waals surface area contributed by atoms with Crippen molar-refractivity contribution < 1.29 is 0 Å². The molecule has 0 N–H and O–H groups in total. The van der Waals surface area contributed by atoms with E-state index in [1.165, 1.54) is 44.9 Å². The average Bonchev–Trinajstić information content (AvgIpc) is 2.35. The van der Waals surface area contributed by atoms with E-state index in [1.807, 2.05) is 13.8 Å². The zero-order chi connectivity index (χ0) is 12.4. The smallest absolute Gasteiger partial charge is 0.0206 e. The van der Waals surface area contributed by atoms with Gasteiger partial charge in [0.25, 0.3) is 0 Å². The van der Waals surface area contributed by atoms with E-state index in [0.717, 1.165) is 11.8 Å². The average molecular weight is 224 g/mol. The molecule has 16 heavy (non-hydrogen) atoms. The monoisotopic (exact) mass is 224 g/mol. The molecule has 0 aromatic heterocycles. The molecule has 1 unspecified atom stereocenters. The van der Waals surface area contributed by atoms with Gasteiger partial charge in [0.2, 0.25) is 0 Å². The molecule has 0 nitrogen and oxygen atoms in total. The first-order chi connectivity index (χ1) is 7.77. The Balaban J connectivity index is 0.00000106. The van der Waals surface area contributed by atoms with Gasteiger partial charge in [0.05, 0.1) is 0 Å². The summed E-state index contributed by atoms with van der Waals surface area (Å²) < 4.78 is 0. The number of unbranched alkanes of at least 4 members (excludes halogenated alkanes) is 1. The number of hydrogen-bond acceptors (Lipinski definition) is 0. The van der Waals surface area contributed by atoms with Crippen LogP contribution in [-0.4, -0.2) is 0 Å². The van der Waals surface area contributed by atoms with E-state index in [4.69, 9.17) is 0 Å². The number of hydrogen-bond donors (Lipinski definition) is 0. The minimum Gasteiger partial charge on any atom is -0.0848 e. The molecular weight excluding hydrogens is 192 g/mol. The molecule has 0 fully saturated rings. The van der Waals surface area contributed by atoms with Crippen LogP contribution in [0.2, 0.25) is 0 Å². The van der Waals surface area contributed by atoms with Crippen LogP contribution in [0.1, 0.15) is 79.6 Å². The summed E-state index contributed by atoms with van der Waals surface area (Å²) in [5, 5.41) is 0. The van der Waals surface area contributed by atoms with Gasteiger partial charge in [-0.25, -0.2) is 0 Å². The van der Waals surface area contributed by atoms with E-state index in [0.29, 0.717) is 0 Å². The molecule has 0 heterocycles. The fourth-order valence-corrected chi connectivity index (χ4v) is 2.46. The van der Waals surface area contributed by atoms with Crippen LogP contribution < -0.4 is 0 Å². The Morgan fingerprint density at radius 3 is 2.44 bits per heavy atom. The molecule has 1 aliphatic rings. The van der Waals surface area contributed by atoms with Crippen LogP contribution in [0.5, 0.6) is 0 Å². The van der Waals surface area contributed by atoms with Crippen molar-refractivity contribution in [1.82, 2.24) is 0 Å². The second kappa shape index (κ2) is 9.93. The SMILES string of the molecule is CC.CCCCC(CC)C1=CC[C@@H](C)CC1. The van der Waals surface area contributed by atoms with Crippen molar-refractivity contribution in [3.63, 3.8) is 0 Å². The van der Waals surface area contributed by atoms with Crippen molar-refractivity contribution in [3.8, 4) is 0 Å². The van der Waals surface area contributed by atoms with Gasteiger partial charge in [0.15, 0.2) is 0 Å². The maximum Gasteiger partial charge on any atom is -0.0206 e. The van der Waals surface area contributed by atoms with Crippen LogP contribution in [0.15, 0.2) is 11.6 Å². The van der Waals surface area contributed by atoms with E-state index >= 15 is 0 Å². The molecule has 0 amide bonds. The molecule has 0 heteroatoms. The summed E-state index contributed by atoms with van der Waals surface area (Å²) in [5.41, 5.74) is 1.78. The molecule has 1 rings (SSSR count). The largest absolute Gasteiger partial charge is 0.0848 e. The molecule has 0 aromatic carbocycles. The van der Waals surface area contributed by atoms with E-state index in [2.05, 4.69) is 26.8 Å². The van der Waals surface area contributed by atoms with Gasteiger partial charge < -0.3 is 0 Å². The van der Waals surface area contributed by atoms with Crippen LogP contribution in [0.4, 0.5) is 0 Å². The molecular formula is C16H32. The van der Waals surface area contributed by atoms with Crippen LogP contribution in [0, 0.1) is 11.8 Å². The molecule has 0 bridgehead atoms. The second-order valence-corrected chi connectivity index (χ2v) is 4.91. The molecule has 0 spiro atoms. The topological polar surface area (TPSA) is 0 Å². The van der Waals surface area contributed by atoms with Crippen LogP contribution in [-0.2, 0) is 0 Å². The third kappa shape index (κ3) is 5.72. The maximum atomic E-state index is 2.54. The number of allylic oxidation sites excluding steroid dienone is 2. The molecule has 0 aromatic rings. The third-order valence-electron chi connectivity index (χ3n) is 3.63. The summed E-state index contributed by atoms with van der Waals surface area (Å²) in [5.74, 6) is 1.84. The first-order valence-electron chi connectivity index (χ1n) is 7.46. The van der Waals surface area contributed by atoms with Gasteiger partial charge in [-0.1, -0.05) is 59.1 Å².